The molecule has 0 radical (unpaired) electrons. The van der Waals surface area contributed by atoms with E-state index in [1.165, 1.54) is 11.2 Å². The van der Waals surface area contributed by atoms with Crippen LogP contribution in [0.25, 0.3) is 0 Å². The van der Waals surface area contributed by atoms with Crippen molar-refractivity contribution in [2.24, 2.45) is 10.8 Å². The number of hydrogen-bond acceptors (Lipinski definition) is 8. The Morgan fingerprint density at radius 1 is 1.23 bits per heavy atom. The number of hydrazine groups is 1. The molecule has 11 heteroatoms. The Kier molecular flexibility index (Phi) is 6.54. The van der Waals surface area contributed by atoms with Crippen molar-refractivity contribution < 1.29 is 4.92 Å². The van der Waals surface area contributed by atoms with Gasteiger partial charge in [0, 0.05) is 10.0 Å². The Labute approximate surface area is 181 Å². The third-order valence-corrected chi connectivity index (χ3v) is 4.62. The molecule has 1 aliphatic heterocycles. The highest BCUT2D eigenvalue weighted by atomic mass is 35.5. The first kappa shape index (κ1) is 21.1. The van der Waals surface area contributed by atoms with Gasteiger partial charge in [-0.05, 0) is 35.4 Å². The summed E-state index contributed by atoms with van der Waals surface area (Å²) in [6.07, 6.45) is 2.15. The maximum atomic E-state index is 11.1. The van der Waals surface area contributed by atoms with Crippen LogP contribution in [0.4, 0.5) is 0 Å². The van der Waals surface area contributed by atoms with E-state index in [1.807, 2.05) is 6.07 Å². The lowest BCUT2D eigenvalue weighted by molar-refractivity contribution is -0.404. The van der Waals surface area contributed by atoms with Gasteiger partial charge in [0.15, 0.2) is 0 Å². The van der Waals surface area contributed by atoms with Gasteiger partial charge >= 0.3 is 0 Å². The normalized spacial score (nSPS) is 16.8. The summed E-state index contributed by atoms with van der Waals surface area (Å²) in [5.41, 5.74) is 13.3. The van der Waals surface area contributed by atoms with Crippen molar-refractivity contribution >= 4 is 29.4 Å². The van der Waals surface area contributed by atoms with Crippen LogP contribution < -0.4 is 16.6 Å². The summed E-state index contributed by atoms with van der Waals surface area (Å²) < 4.78 is 0. The van der Waals surface area contributed by atoms with Crippen LogP contribution in [0.2, 0.25) is 10.0 Å². The second-order valence-electron chi connectivity index (χ2n) is 6.08. The van der Waals surface area contributed by atoms with E-state index in [0.717, 1.165) is 5.56 Å². The summed E-state index contributed by atoms with van der Waals surface area (Å²) in [4.78, 5) is 10.5. The second-order valence-corrected chi connectivity index (χ2v) is 6.95. The standard InChI is InChI=1S/C19H15Cl2N7O2/c20-14-5-1-12(2-6-14)10-24-25-17(11-27(29)30)28-19(23)16(9-22)18(26-28)13-3-7-15(21)8-4-13/h1-8,10-11,18,25-26H,23H2/b17-11+,24-10+. The molecule has 0 fully saturated rings. The van der Waals surface area contributed by atoms with Crippen LogP contribution in [0.5, 0.6) is 0 Å². The molecule has 9 nitrogen and oxygen atoms in total. The molecule has 152 valence electrons. The van der Waals surface area contributed by atoms with Crippen molar-refractivity contribution in [3.05, 3.63) is 103 Å². The van der Waals surface area contributed by atoms with Gasteiger partial charge in [-0.15, -0.1) is 0 Å². The smallest absolute Gasteiger partial charge is 0.277 e. The first-order valence-electron chi connectivity index (χ1n) is 8.50. The van der Waals surface area contributed by atoms with Crippen molar-refractivity contribution in [2.45, 2.75) is 6.04 Å². The Hall–Kier alpha value is -3.58. The third kappa shape index (κ3) is 4.87. The molecule has 0 aromatic heterocycles. The monoisotopic (exact) mass is 443 g/mol. The Morgan fingerprint density at radius 2 is 1.83 bits per heavy atom. The van der Waals surface area contributed by atoms with Crippen molar-refractivity contribution in [1.29, 1.82) is 5.26 Å². The highest BCUT2D eigenvalue weighted by Crippen LogP contribution is 2.31. The lowest BCUT2D eigenvalue weighted by Gasteiger charge is -2.22. The number of benzene rings is 2. The molecule has 0 amide bonds. The highest BCUT2D eigenvalue weighted by Gasteiger charge is 2.34. The molecule has 2 aromatic rings. The quantitative estimate of drug-likeness (QED) is 0.354. The van der Waals surface area contributed by atoms with Crippen LogP contribution in [0.1, 0.15) is 17.2 Å². The Balaban J connectivity index is 1.86. The van der Waals surface area contributed by atoms with Crippen LogP contribution in [0.3, 0.4) is 0 Å². The molecule has 0 bridgehead atoms. The van der Waals surface area contributed by atoms with Gasteiger partial charge in [-0.2, -0.15) is 10.4 Å². The number of nitriles is 1. The van der Waals surface area contributed by atoms with Gasteiger partial charge < -0.3 is 5.73 Å². The van der Waals surface area contributed by atoms with E-state index in [9.17, 15) is 15.4 Å². The first-order chi connectivity index (χ1) is 14.4. The van der Waals surface area contributed by atoms with Gasteiger partial charge in [0.25, 0.3) is 6.20 Å². The highest BCUT2D eigenvalue weighted by molar-refractivity contribution is 6.30. The van der Waals surface area contributed by atoms with Gasteiger partial charge in [-0.25, -0.2) is 10.4 Å². The molecular weight excluding hydrogens is 429 g/mol. The molecule has 0 spiro atoms. The number of hydrogen-bond donors (Lipinski definition) is 3. The molecule has 0 saturated carbocycles. The summed E-state index contributed by atoms with van der Waals surface area (Å²) >= 11 is 11.8. The number of nitrogens with zero attached hydrogens (tertiary/aromatic N) is 4. The zero-order valence-corrected chi connectivity index (χ0v) is 16.8. The fourth-order valence-corrected chi connectivity index (χ4v) is 2.96. The summed E-state index contributed by atoms with van der Waals surface area (Å²) in [7, 11) is 0. The Morgan fingerprint density at radius 3 is 2.40 bits per heavy atom. The first-order valence-corrected chi connectivity index (χ1v) is 9.26. The third-order valence-electron chi connectivity index (χ3n) is 4.12. The van der Waals surface area contributed by atoms with E-state index < -0.39 is 11.0 Å². The van der Waals surface area contributed by atoms with Gasteiger partial charge in [0.05, 0.1) is 22.8 Å². The van der Waals surface area contributed by atoms with E-state index in [4.69, 9.17) is 28.9 Å². The fourth-order valence-electron chi connectivity index (χ4n) is 2.71. The van der Waals surface area contributed by atoms with E-state index in [1.54, 1.807) is 48.5 Å². The van der Waals surface area contributed by atoms with Gasteiger partial charge in [0.2, 0.25) is 5.82 Å². The number of nitro groups is 1. The molecule has 0 saturated heterocycles. The number of nitrogens with one attached hydrogen (secondary N) is 2. The average molecular weight is 444 g/mol. The van der Waals surface area contributed by atoms with Crippen molar-refractivity contribution in [2.75, 3.05) is 0 Å². The minimum atomic E-state index is -0.656. The SMILES string of the molecule is N#CC1=C(N)N(/C(=C/[N+](=O)[O-])N/N=C/c2ccc(Cl)cc2)NC1c1ccc(Cl)cc1. The molecule has 1 unspecified atom stereocenters. The maximum absolute atomic E-state index is 11.1. The molecule has 1 atom stereocenters. The van der Waals surface area contributed by atoms with E-state index in [2.05, 4.69) is 16.0 Å². The maximum Gasteiger partial charge on any atom is 0.277 e. The molecule has 0 aliphatic carbocycles. The van der Waals surface area contributed by atoms with Crippen LogP contribution >= 0.6 is 23.2 Å². The molecule has 1 aliphatic rings. The number of nitrogens with two attached hydrogens (primary N) is 1. The molecule has 4 N–H and O–H groups in total. The van der Waals surface area contributed by atoms with E-state index in [-0.39, 0.29) is 17.2 Å². The van der Waals surface area contributed by atoms with Crippen LogP contribution in [0.15, 0.2) is 77.0 Å². The van der Waals surface area contributed by atoms with Crippen molar-refractivity contribution in [1.82, 2.24) is 15.9 Å². The van der Waals surface area contributed by atoms with Crippen LogP contribution in [-0.4, -0.2) is 16.1 Å². The van der Waals surface area contributed by atoms with Gasteiger partial charge in [0.1, 0.15) is 11.9 Å². The van der Waals surface area contributed by atoms with Gasteiger partial charge in [-0.1, -0.05) is 47.5 Å². The number of hydrazone groups is 1. The number of halogens is 2. The van der Waals surface area contributed by atoms with E-state index >= 15 is 0 Å². The lowest BCUT2D eigenvalue weighted by Crippen LogP contribution is -2.39. The summed E-state index contributed by atoms with van der Waals surface area (Å²) in [5.74, 6) is -0.0633. The largest absolute Gasteiger partial charge is 0.383 e. The molecule has 30 heavy (non-hydrogen) atoms. The number of rotatable bonds is 6. The predicted octanol–water partition coefficient (Wildman–Crippen LogP) is 3.25. The van der Waals surface area contributed by atoms with Crippen LogP contribution in [0, 0.1) is 21.4 Å². The topological polar surface area (TPSA) is 133 Å². The summed E-state index contributed by atoms with van der Waals surface area (Å²) in [5, 5.41) is 27.0. The molecule has 2 aromatic carbocycles. The lowest BCUT2D eigenvalue weighted by atomic mass is 10.0. The fraction of sp³-hybridized carbons (Fsp3) is 0.0526. The second kappa shape index (κ2) is 9.28. The average Bonchev–Trinajstić information content (AvgIpc) is 3.05. The van der Waals surface area contributed by atoms with Gasteiger partial charge in [-0.3, -0.25) is 15.5 Å². The molecular formula is C19H15Cl2N7O2. The minimum Gasteiger partial charge on any atom is -0.383 e. The zero-order valence-electron chi connectivity index (χ0n) is 15.3. The van der Waals surface area contributed by atoms with Crippen molar-refractivity contribution in [3.63, 3.8) is 0 Å². The van der Waals surface area contributed by atoms with E-state index in [0.29, 0.717) is 21.8 Å². The minimum absolute atomic E-state index is 0.0137. The summed E-state index contributed by atoms with van der Waals surface area (Å²) in [6, 6.07) is 15.1. The summed E-state index contributed by atoms with van der Waals surface area (Å²) in [6.45, 7) is 0. The Bertz CT molecular complexity index is 1070. The van der Waals surface area contributed by atoms with Crippen molar-refractivity contribution in [3.8, 4) is 6.07 Å². The molecule has 3 rings (SSSR count). The predicted molar refractivity (Wildman–Crippen MR) is 113 cm³/mol. The zero-order chi connectivity index (χ0) is 21.7. The van der Waals surface area contributed by atoms with Crippen LogP contribution in [-0.2, 0) is 0 Å². The molecule has 1 heterocycles.